The van der Waals surface area contributed by atoms with E-state index in [2.05, 4.69) is 10.2 Å². The molecule has 1 aromatic carbocycles. The van der Waals surface area contributed by atoms with Gasteiger partial charge in [-0.15, -0.1) is 10.2 Å². The van der Waals surface area contributed by atoms with Gasteiger partial charge in [-0.1, -0.05) is 12.1 Å². The number of hydrogen-bond acceptors (Lipinski definition) is 5. The number of hydrogen-bond donors (Lipinski definition) is 0. The Labute approximate surface area is 122 Å². The van der Waals surface area contributed by atoms with Crippen LogP contribution >= 0.6 is 0 Å². The van der Waals surface area contributed by atoms with Crippen molar-refractivity contribution >= 4 is 0 Å². The van der Waals surface area contributed by atoms with E-state index in [4.69, 9.17) is 13.9 Å². The van der Waals surface area contributed by atoms with Crippen LogP contribution in [0.25, 0.3) is 0 Å². The fourth-order valence-corrected chi connectivity index (χ4v) is 2.28. The first-order valence-electron chi connectivity index (χ1n) is 7.10. The van der Waals surface area contributed by atoms with E-state index in [9.17, 15) is 4.39 Å². The van der Waals surface area contributed by atoms with E-state index in [-0.39, 0.29) is 17.5 Å². The summed E-state index contributed by atoms with van der Waals surface area (Å²) in [6.07, 6.45) is 2.47. The lowest BCUT2D eigenvalue weighted by Crippen LogP contribution is -2.15. The molecule has 0 aliphatic carbocycles. The van der Waals surface area contributed by atoms with Crippen molar-refractivity contribution in [3.8, 4) is 5.75 Å². The normalized spacial score (nSPS) is 18.6. The Balaban J connectivity index is 1.52. The van der Waals surface area contributed by atoms with E-state index < -0.39 is 0 Å². The topological polar surface area (TPSA) is 57.4 Å². The predicted octanol–water partition coefficient (Wildman–Crippen LogP) is 2.72. The van der Waals surface area contributed by atoms with Gasteiger partial charge in [-0.3, -0.25) is 0 Å². The highest BCUT2D eigenvalue weighted by Gasteiger charge is 2.21. The van der Waals surface area contributed by atoms with Crippen molar-refractivity contribution in [2.45, 2.75) is 25.2 Å². The van der Waals surface area contributed by atoms with Crippen LogP contribution in [0, 0.1) is 5.82 Å². The molecule has 5 nitrogen and oxygen atoms in total. The van der Waals surface area contributed by atoms with Gasteiger partial charge >= 0.3 is 0 Å². The second-order valence-electron chi connectivity index (χ2n) is 4.98. The van der Waals surface area contributed by atoms with Crippen LogP contribution in [0.3, 0.4) is 0 Å². The highest BCUT2D eigenvalue weighted by atomic mass is 19.1. The van der Waals surface area contributed by atoms with Gasteiger partial charge in [0.1, 0.15) is 0 Å². The molecule has 21 heavy (non-hydrogen) atoms. The lowest BCUT2D eigenvalue weighted by molar-refractivity contribution is 0.0721. The van der Waals surface area contributed by atoms with Crippen LogP contribution in [0.5, 0.6) is 5.75 Å². The monoisotopic (exact) mass is 292 g/mol. The van der Waals surface area contributed by atoms with Crippen molar-refractivity contribution in [1.82, 2.24) is 10.2 Å². The molecule has 1 fully saturated rings. The summed E-state index contributed by atoms with van der Waals surface area (Å²) in [6.45, 7) is 1.73. The molecule has 2 heterocycles. The van der Waals surface area contributed by atoms with Crippen molar-refractivity contribution in [2.75, 3.05) is 19.8 Å². The molecule has 0 bridgehead atoms. The first kappa shape index (κ1) is 14.0. The maximum Gasteiger partial charge on any atom is 0.221 e. The molecule has 1 aliphatic rings. The molecule has 1 unspecified atom stereocenters. The average Bonchev–Trinajstić information content (AvgIpc) is 2.99. The summed E-state index contributed by atoms with van der Waals surface area (Å²) < 4.78 is 29.8. The fourth-order valence-electron chi connectivity index (χ4n) is 2.28. The SMILES string of the molecule is Fc1ccccc1OCCc1nnc(C2CCCOC2)o1. The second-order valence-corrected chi connectivity index (χ2v) is 4.98. The molecule has 112 valence electrons. The van der Waals surface area contributed by atoms with E-state index >= 15 is 0 Å². The van der Waals surface area contributed by atoms with Gasteiger partial charge in [-0.2, -0.15) is 0 Å². The van der Waals surface area contributed by atoms with Crippen molar-refractivity contribution in [2.24, 2.45) is 0 Å². The molecule has 1 saturated heterocycles. The summed E-state index contributed by atoms with van der Waals surface area (Å²) in [6, 6.07) is 6.31. The summed E-state index contributed by atoms with van der Waals surface area (Å²) in [5.41, 5.74) is 0. The van der Waals surface area contributed by atoms with Gasteiger partial charge in [-0.25, -0.2) is 4.39 Å². The molecular weight excluding hydrogens is 275 g/mol. The minimum absolute atomic E-state index is 0.187. The quantitative estimate of drug-likeness (QED) is 0.848. The minimum Gasteiger partial charge on any atom is -0.490 e. The van der Waals surface area contributed by atoms with E-state index in [1.807, 2.05) is 0 Å². The summed E-state index contributed by atoms with van der Waals surface area (Å²) in [7, 11) is 0. The van der Waals surface area contributed by atoms with E-state index in [0.717, 1.165) is 19.4 Å². The largest absolute Gasteiger partial charge is 0.490 e. The van der Waals surface area contributed by atoms with Crippen LogP contribution < -0.4 is 4.74 Å². The molecule has 3 rings (SSSR count). The fraction of sp³-hybridized carbons (Fsp3) is 0.467. The minimum atomic E-state index is -0.372. The first-order valence-corrected chi connectivity index (χ1v) is 7.10. The molecule has 0 spiro atoms. The van der Waals surface area contributed by atoms with Crippen molar-refractivity contribution in [3.63, 3.8) is 0 Å². The Morgan fingerprint density at radius 1 is 1.29 bits per heavy atom. The lowest BCUT2D eigenvalue weighted by atomic mass is 10.0. The summed E-state index contributed by atoms with van der Waals surface area (Å²) in [5.74, 6) is 1.18. The Morgan fingerprint density at radius 3 is 3.00 bits per heavy atom. The molecular formula is C15H17FN2O3. The van der Waals surface area contributed by atoms with Gasteiger partial charge < -0.3 is 13.9 Å². The maximum atomic E-state index is 13.4. The molecule has 2 aromatic rings. The zero-order chi connectivity index (χ0) is 14.5. The second kappa shape index (κ2) is 6.67. The summed E-state index contributed by atoms with van der Waals surface area (Å²) in [5, 5.41) is 8.06. The Bertz CT molecular complexity index is 582. The van der Waals surface area contributed by atoms with Gasteiger partial charge in [0.15, 0.2) is 11.6 Å². The predicted molar refractivity (Wildman–Crippen MR) is 72.7 cm³/mol. The van der Waals surface area contributed by atoms with E-state index in [0.29, 0.717) is 31.4 Å². The van der Waals surface area contributed by atoms with Crippen molar-refractivity contribution < 1.29 is 18.3 Å². The number of ether oxygens (including phenoxy) is 2. The Hall–Kier alpha value is -1.95. The van der Waals surface area contributed by atoms with Gasteiger partial charge in [0, 0.05) is 6.61 Å². The summed E-state index contributed by atoms with van der Waals surface area (Å²) >= 11 is 0. The smallest absolute Gasteiger partial charge is 0.221 e. The highest BCUT2D eigenvalue weighted by molar-refractivity contribution is 5.23. The van der Waals surface area contributed by atoms with Crippen LogP contribution in [0.4, 0.5) is 4.39 Å². The lowest BCUT2D eigenvalue weighted by Gasteiger charge is -2.18. The van der Waals surface area contributed by atoms with Crippen LogP contribution in [0.1, 0.15) is 30.5 Å². The number of para-hydroxylation sites is 1. The summed E-state index contributed by atoms with van der Waals surface area (Å²) in [4.78, 5) is 0. The number of benzene rings is 1. The van der Waals surface area contributed by atoms with Crippen LogP contribution in [-0.4, -0.2) is 30.0 Å². The molecule has 0 saturated carbocycles. The third-order valence-corrected chi connectivity index (χ3v) is 3.40. The highest BCUT2D eigenvalue weighted by Crippen LogP contribution is 2.24. The van der Waals surface area contributed by atoms with Crippen LogP contribution in [0.15, 0.2) is 28.7 Å². The number of nitrogens with zero attached hydrogens (tertiary/aromatic N) is 2. The van der Waals surface area contributed by atoms with Crippen molar-refractivity contribution in [3.05, 3.63) is 41.9 Å². The molecule has 1 aliphatic heterocycles. The standard InChI is InChI=1S/C15H17FN2O3/c16-12-5-1-2-6-13(12)20-9-7-14-17-18-15(21-14)11-4-3-8-19-10-11/h1-2,5-6,11H,3-4,7-10H2. The van der Waals surface area contributed by atoms with Gasteiger partial charge in [0.2, 0.25) is 11.8 Å². The van der Waals surface area contributed by atoms with Gasteiger partial charge in [-0.05, 0) is 25.0 Å². The maximum absolute atomic E-state index is 13.4. The average molecular weight is 292 g/mol. The Morgan fingerprint density at radius 2 is 2.19 bits per heavy atom. The number of aromatic nitrogens is 2. The third-order valence-electron chi connectivity index (χ3n) is 3.40. The molecule has 6 heteroatoms. The van der Waals surface area contributed by atoms with Crippen LogP contribution in [-0.2, 0) is 11.2 Å². The number of rotatable bonds is 5. The van der Waals surface area contributed by atoms with Gasteiger partial charge in [0.25, 0.3) is 0 Å². The van der Waals surface area contributed by atoms with E-state index in [1.54, 1.807) is 18.2 Å². The molecule has 1 aromatic heterocycles. The van der Waals surface area contributed by atoms with Crippen molar-refractivity contribution in [1.29, 1.82) is 0 Å². The molecule has 0 N–H and O–H groups in total. The zero-order valence-corrected chi connectivity index (χ0v) is 11.6. The molecule has 1 atom stereocenters. The van der Waals surface area contributed by atoms with Gasteiger partial charge in [0.05, 0.1) is 25.6 Å². The molecule has 0 radical (unpaired) electrons. The number of halogens is 1. The van der Waals surface area contributed by atoms with Crippen LogP contribution in [0.2, 0.25) is 0 Å². The van der Waals surface area contributed by atoms with E-state index in [1.165, 1.54) is 6.07 Å². The first-order chi connectivity index (χ1) is 10.3. The molecule has 0 amide bonds. The Kier molecular flexibility index (Phi) is 4.45. The zero-order valence-electron chi connectivity index (χ0n) is 11.6. The third kappa shape index (κ3) is 3.58.